The highest BCUT2D eigenvalue weighted by Gasteiger charge is 2.07. The largest absolute Gasteiger partial charge is 0.423 e. The van der Waals surface area contributed by atoms with Crippen LogP contribution in [0.25, 0.3) is 6.08 Å². The summed E-state index contributed by atoms with van der Waals surface area (Å²) in [6.07, 6.45) is 6.81. The molecule has 0 spiro atoms. The number of allylic oxidation sites excluding steroid dienone is 1. The van der Waals surface area contributed by atoms with Crippen molar-refractivity contribution in [3.8, 4) is 5.75 Å². The van der Waals surface area contributed by atoms with Crippen LogP contribution in [0, 0.1) is 0 Å². The Morgan fingerprint density at radius 3 is 2.58 bits per heavy atom. The van der Waals surface area contributed by atoms with Gasteiger partial charge in [0.1, 0.15) is 12.0 Å². The minimum absolute atomic E-state index is 0.396. The van der Waals surface area contributed by atoms with E-state index >= 15 is 0 Å². The Kier molecular flexibility index (Phi) is 4.18. The van der Waals surface area contributed by atoms with E-state index in [0.29, 0.717) is 17.6 Å². The first-order valence-electron chi connectivity index (χ1n) is 5.64. The third kappa shape index (κ3) is 3.61. The molecule has 0 bridgehead atoms. The van der Waals surface area contributed by atoms with Crippen molar-refractivity contribution in [3.63, 3.8) is 0 Å². The molecule has 4 nitrogen and oxygen atoms in total. The molecule has 1 aromatic carbocycles. The number of aromatic nitrogens is 1. The molecule has 0 atom stereocenters. The zero-order valence-corrected chi connectivity index (χ0v) is 10.0. The van der Waals surface area contributed by atoms with E-state index in [9.17, 15) is 9.59 Å². The monoisotopic (exact) mass is 253 g/mol. The summed E-state index contributed by atoms with van der Waals surface area (Å²) in [7, 11) is 0. The van der Waals surface area contributed by atoms with Gasteiger partial charge < -0.3 is 4.74 Å². The topological polar surface area (TPSA) is 56.3 Å². The lowest BCUT2D eigenvalue weighted by molar-refractivity contribution is -0.104. The highest BCUT2D eigenvalue weighted by molar-refractivity contribution is 5.90. The molecule has 0 radical (unpaired) electrons. The SMILES string of the molecule is O=C/C=C/c1ccc(OC(=O)c2cccnc2)cc1. The summed E-state index contributed by atoms with van der Waals surface area (Å²) in [6, 6.07) is 10.1. The van der Waals surface area contributed by atoms with Crippen LogP contribution in [0.4, 0.5) is 0 Å². The number of carbonyl (C=O) groups excluding carboxylic acids is 2. The lowest BCUT2D eigenvalue weighted by Crippen LogP contribution is -2.08. The van der Waals surface area contributed by atoms with Gasteiger partial charge in [0.05, 0.1) is 5.56 Å². The molecule has 0 saturated heterocycles. The molecule has 0 N–H and O–H groups in total. The molecule has 4 heteroatoms. The predicted octanol–water partition coefficient (Wildman–Crippen LogP) is 2.51. The highest BCUT2D eigenvalue weighted by Crippen LogP contribution is 2.14. The van der Waals surface area contributed by atoms with E-state index < -0.39 is 5.97 Å². The van der Waals surface area contributed by atoms with Gasteiger partial charge in [-0.2, -0.15) is 0 Å². The minimum atomic E-state index is -0.454. The van der Waals surface area contributed by atoms with Gasteiger partial charge in [-0.3, -0.25) is 9.78 Å². The molecule has 2 aromatic rings. The van der Waals surface area contributed by atoms with E-state index in [4.69, 9.17) is 4.74 Å². The van der Waals surface area contributed by atoms with Crippen molar-refractivity contribution in [2.24, 2.45) is 0 Å². The van der Waals surface area contributed by atoms with Crippen molar-refractivity contribution in [2.75, 3.05) is 0 Å². The Morgan fingerprint density at radius 1 is 1.16 bits per heavy atom. The summed E-state index contributed by atoms with van der Waals surface area (Å²) in [5.74, 6) is -0.0126. The van der Waals surface area contributed by atoms with Gasteiger partial charge in [-0.05, 0) is 35.9 Å². The maximum Gasteiger partial charge on any atom is 0.345 e. The first-order valence-corrected chi connectivity index (χ1v) is 5.64. The Labute approximate surface area is 110 Å². The van der Waals surface area contributed by atoms with Gasteiger partial charge in [-0.15, -0.1) is 0 Å². The van der Waals surface area contributed by atoms with E-state index in [2.05, 4.69) is 4.98 Å². The Hall–Kier alpha value is -2.75. The van der Waals surface area contributed by atoms with E-state index in [1.54, 1.807) is 48.7 Å². The summed E-state index contributed by atoms with van der Waals surface area (Å²) in [4.78, 5) is 25.8. The summed E-state index contributed by atoms with van der Waals surface area (Å²) < 4.78 is 5.19. The molecule has 0 aliphatic heterocycles. The number of ether oxygens (including phenoxy) is 1. The molecule has 19 heavy (non-hydrogen) atoms. The summed E-state index contributed by atoms with van der Waals surface area (Å²) in [5.41, 5.74) is 1.25. The Balaban J connectivity index is 2.06. The summed E-state index contributed by atoms with van der Waals surface area (Å²) >= 11 is 0. The molecule has 0 saturated carbocycles. The number of hydrogen-bond acceptors (Lipinski definition) is 4. The van der Waals surface area contributed by atoms with Crippen molar-refractivity contribution < 1.29 is 14.3 Å². The molecule has 0 amide bonds. The highest BCUT2D eigenvalue weighted by atomic mass is 16.5. The molecular formula is C15H11NO3. The number of hydrogen-bond donors (Lipinski definition) is 0. The van der Waals surface area contributed by atoms with Gasteiger partial charge in [-0.1, -0.05) is 18.2 Å². The van der Waals surface area contributed by atoms with E-state index in [-0.39, 0.29) is 0 Å². The number of esters is 1. The second-order valence-electron chi connectivity index (χ2n) is 3.70. The van der Waals surface area contributed by atoms with Crippen molar-refractivity contribution in [3.05, 3.63) is 66.0 Å². The zero-order chi connectivity index (χ0) is 13.5. The van der Waals surface area contributed by atoms with Crippen LogP contribution in [-0.2, 0) is 4.79 Å². The van der Waals surface area contributed by atoms with E-state index in [1.807, 2.05) is 0 Å². The predicted molar refractivity (Wildman–Crippen MR) is 70.7 cm³/mol. The average molecular weight is 253 g/mol. The average Bonchev–Trinajstić information content (AvgIpc) is 2.47. The first kappa shape index (κ1) is 12.7. The molecular weight excluding hydrogens is 242 g/mol. The molecule has 1 aromatic heterocycles. The van der Waals surface area contributed by atoms with Crippen molar-refractivity contribution in [2.45, 2.75) is 0 Å². The molecule has 0 fully saturated rings. The van der Waals surface area contributed by atoms with Crippen LogP contribution < -0.4 is 4.74 Å². The third-order valence-corrected chi connectivity index (χ3v) is 2.36. The van der Waals surface area contributed by atoms with Crippen LogP contribution in [0.2, 0.25) is 0 Å². The quantitative estimate of drug-likeness (QED) is 0.363. The second-order valence-corrected chi connectivity index (χ2v) is 3.70. The second kappa shape index (κ2) is 6.26. The fourth-order valence-corrected chi connectivity index (χ4v) is 1.45. The fraction of sp³-hybridized carbons (Fsp3) is 0. The maximum absolute atomic E-state index is 11.7. The van der Waals surface area contributed by atoms with Crippen LogP contribution in [0.5, 0.6) is 5.75 Å². The molecule has 0 unspecified atom stereocenters. The Bertz CT molecular complexity index is 589. The molecule has 0 aliphatic rings. The molecule has 2 rings (SSSR count). The molecule has 0 aliphatic carbocycles. The summed E-state index contributed by atoms with van der Waals surface area (Å²) in [6.45, 7) is 0. The van der Waals surface area contributed by atoms with E-state index in [1.165, 1.54) is 12.3 Å². The number of rotatable bonds is 4. The van der Waals surface area contributed by atoms with E-state index in [0.717, 1.165) is 5.56 Å². The number of carbonyl (C=O) groups is 2. The molecule has 94 valence electrons. The first-order chi connectivity index (χ1) is 9.29. The minimum Gasteiger partial charge on any atom is -0.423 e. The number of nitrogens with zero attached hydrogens (tertiary/aromatic N) is 1. The van der Waals surface area contributed by atoms with Gasteiger partial charge in [0, 0.05) is 12.4 Å². The fourth-order valence-electron chi connectivity index (χ4n) is 1.45. The smallest absolute Gasteiger partial charge is 0.345 e. The van der Waals surface area contributed by atoms with Gasteiger partial charge in [0.2, 0.25) is 0 Å². The standard InChI is InChI=1S/C15H11NO3/c17-10-2-3-12-5-7-14(8-6-12)19-15(18)13-4-1-9-16-11-13/h1-11H/b3-2+. The van der Waals surface area contributed by atoms with Crippen LogP contribution >= 0.6 is 0 Å². The molecule has 1 heterocycles. The third-order valence-electron chi connectivity index (χ3n) is 2.36. The van der Waals surface area contributed by atoms with Crippen molar-refractivity contribution in [1.82, 2.24) is 4.98 Å². The van der Waals surface area contributed by atoms with Gasteiger partial charge in [-0.25, -0.2) is 4.79 Å². The van der Waals surface area contributed by atoms with Crippen LogP contribution in [0.1, 0.15) is 15.9 Å². The van der Waals surface area contributed by atoms with Gasteiger partial charge in [0.25, 0.3) is 0 Å². The number of benzene rings is 1. The van der Waals surface area contributed by atoms with Crippen LogP contribution in [-0.4, -0.2) is 17.2 Å². The zero-order valence-electron chi connectivity index (χ0n) is 10.0. The maximum atomic E-state index is 11.7. The van der Waals surface area contributed by atoms with Crippen molar-refractivity contribution in [1.29, 1.82) is 0 Å². The van der Waals surface area contributed by atoms with Crippen LogP contribution in [0.15, 0.2) is 54.9 Å². The lowest BCUT2D eigenvalue weighted by atomic mass is 10.2. The number of aldehydes is 1. The lowest BCUT2D eigenvalue weighted by Gasteiger charge is -2.04. The number of pyridine rings is 1. The normalized spacial score (nSPS) is 10.3. The Morgan fingerprint density at radius 2 is 1.95 bits per heavy atom. The van der Waals surface area contributed by atoms with Gasteiger partial charge in [0.15, 0.2) is 0 Å². The van der Waals surface area contributed by atoms with Crippen LogP contribution in [0.3, 0.4) is 0 Å². The summed E-state index contributed by atoms with van der Waals surface area (Å²) in [5, 5.41) is 0. The van der Waals surface area contributed by atoms with Crippen molar-refractivity contribution >= 4 is 18.3 Å². The van der Waals surface area contributed by atoms with Gasteiger partial charge >= 0.3 is 5.97 Å².